The van der Waals surface area contributed by atoms with Crippen LogP contribution in [0.25, 0.3) is 10.9 Å². The van der Waals surface area contributed by atoms with Crippen LogP contribution in [0.3, 0.4) is 0 Å². The molecule has 0 spiro atoms. The summed E-state index contributed by atoms with van der Waals surface area (Å²) in [6.45, 7) is 1.55. The number of nitrogens with zero attached hydrogens (tertiary/aromatic N) is 4. The quantitative estimate of drug-likeness (QED) is 0.391. The largest absolute Gasteiger partial charge is 0.491 e. The van der Waals surface area contributed by atoms with E-state index in [1.165, 1.54) is 12.1 Å². The molecular formula is C28H27N5O5. The molecule has 1 saturated carbocycles. The number of carbonyl (C=O) groups is 3. The van der Waals surface area contributed by atoms with E-state index in [4.69, 9.17) is 4.74 Å². The zero-order valence-corrected chi connectivity index (χ0v) is 20.9. The molecule has 0 unspecified atom stereocenters. The van der Waals surface area contributed by atoms with Gasteiger partial charge in [-0.2, -0.15) is 5.10 Å². The van der Waals surface area contributed by atoms with Gasteiger partial charge in [0.1, 0.15) is 18.1 Å². The molecule has 0 radical (unpaired) electrons. The first-order valence-electron chi connectivity index (χ1n) is 12.5. The monoisotopic (exact) mass is 513 g/mol. The van der Waals surface area contributed by atoms with Crippen LogP contribution >= 0.6 is 0 Å². The summed E-state index contributed by atoms with van der Waals surface area (Å²) in [5.74, 6) is -0.861. The van der Waals surface area contributed by atoms with Crippen LogP contribution in [-0.4, -0.2) is 73.2 Å². The Balaban J connectivity index is 1.16. The molecule has 38 heavy (non-hydrogen) atoms. The van der Waals surface area contributed by atoms with E-state index in [1.54, 1.807) is 39.9 Å². The van der Waals surface area contributed by atoms with Crippen LogP contribution in [-0.2, 0) is 13.1 Å². The van der Waals surface area contributed by atoms with E-state index in [9.17, 15) is 19.5 Å². The van der Waals surface area contributed by atoms with Crippen molar-refractivity contribution >= 4 is 28.7 Å². The summed E-state index contributed by atoms with van der Waals surface area (Å²) in [6.07, 6.45) is 3.14. The first-order valence-corrected chi connectivity index (χ1v) is 12.5. The Morgan fingerprint density at radius 1 is 1.11 bits per heavy atom. The number of hydrogen-bond acceptors (Lipinski definition) is 5. The summed E-state index contributed by atoms with van der Waals surface area (Å²) in [5, 5.41) is 14.6. The van der Waals surface area contributed by atoms with Gasteiger partial charge in [-0.1, -0.05) is 24.3 Å². The number of nitrogens with one attached hydrogen (secondary N) is 1. The summed E-state index contributed by atoms with van der Waals surface area (Å²) in [5.41, 5.74) is 2.28. The third kappa shape index (κ3) is 4.17. The topological polar surface area (TPSA) is 121 Å². The fourth-order valence-corrected chi connectivity index (χ4v) is 5.01. The van der Waals surface area contributed by atoms with E-state index in [0.717, 1.165) is 23.7 Å². The fourth-order valence-electron chi connectivity index (χ4n) is 5.01. The minimum atomic E-state index is -1.02. The summed E-state index contributed by atoms with van der Waals surface area (Å²) >= 11 is 0. The normalized spacial score (nSPS) is 15.7. The van der Waals surface area contributed by atoms with Crippen molar-refractivity contribution in [3.63, 3.8) is 0 Å². The number of benzene rings is 2. The Morgan fingerprint density at radius 3 is 2.68 bits per heavy atom. The standard InChI is InChI=1S/C28H27N5O5/c1-31(28(9-10-28)17-38-20-7-4-6-19(13-20)27(36)37)25(34)21-15-29-33-12-11-32(16-24(21)33)26(35)23-14-18-5-2-3-8-22(18)30-23/h2-8,13-15,30H,9-12,16-17H2,1H3,(H,36,37). The Bertz CT molecular complexity index is 1530. The zero-order chi connectivity index (χ0) is 26.4. The van der Waals surface area contributed by atoms with E-state index in [2.05, 4.69) is 10.1 Å². The van der Waals surface area contributed by atoms with Crippen LogP contribution in [0.2, 0.25) is 0 Å². The number of carboxylic acid groups (broad SMARTS) is 1. The highest BCUT2D eigenvalue weighted by Gasteiger charge is 2.50. The van der Waals surface area contributed by atoms with Crippen molar-refractivity contribution in [2.45, 2.75) is 31.5 Å². The molecule has 3 heterocycles. The molecule has 0 saturated heterocycles. The summed E-state index contributed by atoms with van der Waals surface area (Å²) in [4.78, 5) is 44.8. The van der Waals surface area contributed by atoms with Gasteiger partial charge >= 0.3 is 5.97 Å². The van der Waals surface area contributed by atoms with Gasteiger partial charge in [0, 0.05) is 24.5 Å². The van der Waals surface area contributed by atoms with E-state index in [0.29, 0.717) is 35.8 Å². The number of aromatic amines is 1. The first-order chi connectivity index (χ1) is 18.3. The molecule has 2 aromatic heterocycles. The van der Waals surface area contributed by atoms with E-state index in [1.807, 2.05) is 30.3 Å². The van der Waals surface area contributed by atoms with Crippen molar-refractivity contribution in [3.8, 4) is 5.75 Å². The number of likely N-dealkylation sites (N-methyl/N-ethyl adjacent to an activating group) is 1. The Hall–Kier alpha value is -4.60. The molecule has 1 fully saturated rings. The van der Waals surface area contributed by atoms with E-state index >= 15 is 0 Å². The number of hydrogen-bond donors (Lipinski definition) is 2. The van der Waals surface area contributed by atoms with Gasteiger partial charge in [0.15, 0.2) is 0 Å². The highest BCUT2D eigenvalue weighted by atomic mass is 16.5. The van der Waals surface area contributed by atoms with Crippen LogP contribution < -0.4 is 4.74 Å². The van der Waals surface area contributed by atoms with Crippen LogP contribution in [0.4, 0.5) is 0 Å². The lowest BCUT2D eigenvalue weighted by atomic mass is 10.1. The molecule has 0 atom stereocenters. The van der Waals surface area contributed by atoms with Gasteiger partial charge in [-0.25, -0.2) is 4.79 Å². The van der Waals surface area contributed by atoms with Crippen molar-refractivity contribution in [1.29, 1.82) is 0 Å². The third-order valence-electron chi connectivity index (χ3n) is 7.58. The molecule has 1 aliphatic heterocycles. The maximum atomic E-state index is 13.6. The number of ether oxygens (including phenoxy) is 1. The number of fused-ring (bicyclic) bond motifs is 2. The molecule has 10 heteroatoms. The molecule has 0 bridgehead atoms. The minimum Gasteiger partial charge on any atom is -0.491 e. The van der Waals surface area contributed by atoms with Crippen LogP contribution in [0.5, 0.6) is 5.75 Å². The second kappa shape index (κ2) is 9.05. The predicted octanol–water partition coefficient (Wildman–Crippen LogP) is 3.40. The summed E-state index contributed by atoms with van der Waals surface area (Å²) < 4.78 is 7.71. The van der Waals surface area contributed by atoms with Crippen molar-refractivity contribution in [2.75, 3.05) is 20.2 Å². The summed E-state index contributed by atoms with van der Waals surface area (Å²) in [7, 11) is 1.76. The van der Waals surface area contributed by atoms with E-state index in [-0.39, 0.29) is 30.5 Å². The van der Waals surface area contributed by atoms with Crippen molar-refractivity contribution < 1.29 is 24.2 Å². The maximum absolute atomic E-state index is 13.6. The van der Waals surface area contributed by atoms with Gasteiger partial charge in [-0.3, -0.25) is 14.3 Å². The van der Waals surface area contributed by atoms with Gasteiger partial charge in [0.05, 0.1) is 41.6 Å². The minimum absolute atomic E-state index is 0.115. The zero-order valence-electron chi connectivity index (χ0n) is 20.9. The SMILES string of the molecule is CN(C(=O)c1cnn2c1CN(C(=O)c1cc3ccccc3[nH]1)CC2)C1(COc2cccc(C(=O)O)c2)CC1. The first kappa shape index (κ1) is 23.8. The molecule has 2 aromatic carbocycles. The molecule has 1 aliphatic carbocycles. The average Bonchev–Trinajstić information content (AvgIpc) is 3.41. The predicted molar refractivity (Wildman–Crippen MR) is 138 cm³/mol. The lowest BCUT2D eigenvalue weighted by Gasteiger charge is -2.30. The Kier molecular flexibility index (Phi) is 5.67. The molecule has 194 valence electrons. The lowest BCUT2D eigenvalue weighted by molar-refractivity contribution is 0.0626. The number of amides is 2. The molecule has 2 amide bonds. The molecule has 2 N–H and O–H groups in total. The Labute approximate surface area is 218 Å². The molecule has 6 rings (SSSR count). The van der Waals surface area contributed by atoms with Crippen molar-refractivity contribution in [3.05, 3.63) is 83.3 Å². The third-order valence-corrected chi connectivity index (χ3v) is 7.58. The maximum Gasteiger partial charge on any atom is 0.335 e. The van der Waals surface area contributed by atoms with Crippen LogP contribution in [0.1, 0.15) is 49.7 Å². The molecule has 10 nitrogen and oxygen atoms in total. The number of carbonyl (C=O) groups excluding carboxylic acids is 2. The van der Waals surface area contributed by atoms with Gasteiger partial charge < -0.3 is 24.6 Å². The van der Waals surface area contributed by atoms with Crippen LogP contribution in [0.15, 0.2) is 60.8 Å². The highest BCUT2D eigenvalue weighted by molar-refractivity contribution is 5.99. The lowest BCUT2D eigenvalue weighted by Crippen LogP contribution is -2.44. The van der Waals surface area contributed by atoms with Gasteiger partial charge in [0.25, 0.3) is 11.8 Å². The van der Waals surface area contributed by atoms with Crippen molar-refractivity contribution in [2.24, 2.45) is 0 Å². The molecular weight excluding hydrogens is 486 g/mol. The Morgan fingerprint density at radius 2 is 1.92 bits per heavy atom. The number of aromatic nitrogens is 3. The van der Waals surface area contributed by atoms with Gasteiger partial charge in [-0.15, -0.1) is 0 Å². The van der Waals surface area contributed by atoms with E-state index < -0.39 is 11.5 Å². The highest BCUT2D eigenvalue weighted by Crippen LogP contribution is 2.42. The number of H-pyrrole nitrogens is 1. The smallest absolute Gasteiger partial charge is 0.335 e. The molecule has 2 aliphatic rings. The van der Waals surface area contributed by atoms with Gasteiger partial charge in [-0.05, 0) is 43.2 Å². The summed E-state index contributed by atoms with van der Waals surface area (Å²) in [6, 6.07) is 15.9. The number of carboxylic acids is 1. The van der Waals surface area contributed by atoms with Crippen molar-refractivity contribution in [1.82, 2.24) is 24.6 Å². The number of aromatic carboxylic acids is 1. The number of para-hydroxylation sites is 1. The average molecular weight is 514 g/mol. The second-order valence-electron chi connectivity index (χ2n) is 9.94. The second-order valence-corrected chi connectivity index (χ2v) is 9.94. The van der Waals surface area contributed by atoms with Crippen LogP contribution in [0, 0.1) is 0 Å². The fraction of sp³-hybridized carbons (Fsp3) is 0.286. The number of rotatable bonds is 7. The van der Waals surface area contributed by atoms with Gasteiger partial charge in [0.2, 0.25) is 0 Å². The molecule has 4 aromatic rings.